The van der Waals surface area contributed by atoms with Crippen LogP contribution in [0.1, 0.15) is 64.9 Å². The first-order valence-corrected chi connectivity index (χ1v) is 15.5. The highest BCUT2D eigenvalue weighted by atomic mass is 32.2. The van der Waals surface area contributed by atoms with E-state index >= 15 is 0 Å². The highest BCUT2D eigenvalue weighted by Gasteiger charge is 2.28. The van der Waals surface area contributed by atoms with Gasteiger partial charge in [0.25, 0.3) is 0 Å². The number of carbonyl (C=O) groups excluding carboxylic acids is 5. The van der Waals surface area contributed by atoms with E-state index in [-0.39, 0.29) is 43.6 Å². The smallest absolute Gasteiger partial charge is 0.312 e. The first-order chi connectivity index (χ1) is 19.7. The predicted octanol–water partition coefficient (Wildman–Crippen LogP) is 1.88. The van der Waals surface area contributed by atoms with Gasteiger partial charge in [-0.1, -0.05) is 39.0 Å². The van der Waals surface area contributed by atoms with Crippen molar-refractivity contribution in [2.45, 2.75) is 78.0 Å². The van der Waals surface area contributed by atoms with Gasteiger partial charge in [0, 0.05) is 31.0 Å². The van der Waals surface area contributed by atoms with Gasteiger partial charge in [-0.3, -0.25) is 19.2 Å². The third kappa shape index (κ3) is 15.2. The standard InChI is InChI=1S/C28H43N5O8S/c1-5-42(39,40)17-8-6-7-11-24(35)33-25(19(2)3)27(37)32-23(10-9-16-30-28(29)38)26(36)31-22-14-12-21(13-15-22)18-41-20(4)34/h5,12-15,19,23,25H,1,6-11,16-18H2,2-4H3,(H,31,36)(H,32,37)(H,33,35)(H3,29,30,38)/t23-,25?/m0/s1. The molecule has 0 saturated heterocycles. The van der Waals surface area contributed by atoms with Crippen molar-refractivity contribution in [3.8, 4) is 0 Å². The summed E-state index contributed by atoms with van der Waals surface area (Å²) < 4.78 is 27.9. The van der Waals surface area contributed by atoms with Crippen molar-refractivity contribution in [2.24, 2.45) is 11.7 Å². The number of carbonyl (C=O) groups is 5. The van der Waals surface area contributed by atoms with E-state index in [1.807, 2.05) is 0 Å². The van der Waals surface area contributed by atoms with Gasteiger partial charge in [-0.25, -0.2) is 13.2 Å². The van der Waals surface area contributed by atoms with Gasteiger partial charge in [-0.05, 0) is 49.3 Å². The maximum atomic E-state index is 13.2. The second kappa shape index (κ2) is 18.5. The Bertz CT molecular complexity index is 1190. The lowest BCUT2D eigenvalue weighted by Crippen LogP contribution is -2.54. The number of hydrogen-bond donors (Lipinski definition) is 5. The zero-order chi connectivity index (χ0) is 31.7. The summed E-state index contributed by atoms with van der Waals surface area (Å²) in [6.45, 7) is 8.37. The minimum atomic E-state index is -3.29. The molecular weight excluding hydrogens is 566 g/mol. The van der Waals surface area contributed by atoms with Crippen LogP contribution in [0.4, 0.5) is 10.5 Å². The second-order valence-electron chi connectivity index (χ2n) is 10.1. The molecule has 1 unspecified atom stereocenters. The highest BCUT2D eigenvalue weighted by molar-refractivity contribution is 7.94. The number of unbranched alkanes of at least 4 members (excludes halogenated alkanes) is 2. The van der Waals surface area contributed by atoms with Crippen LogP contribution in [-0.2, 0) is 40.4 Å². The average molecular weight is 610 g/mol. The van der Waals surface area contributed by atoms with Crippen molar-refractivity contribution in [3.05, 3.63) is 41.8 Å². The summed E-state index contributed by atoms with van der Waals surface area (Å²) in [6, 6.07) is 4.02. The Hall–Kier alpha value is -3.94. The fourth-order valence-electron chi connectivity index (χ4n) is 3.78. The summed E-state index contributed by atoms with van der Waals surface area (Å²) in [5, 5.41) is 11.5. The SMILES string of the molecule is C=CS(=O)(=O)CCCCCC(=O)NC(C(=O)N[C@@H](CCCNC(N)=O)C(=O)Nc1ccc(COC(C)=O)cc1)C(C)C. The van der Waals surface area contributed by atoms with Crippen LogP contribution in [0.3, 0.4) is 0 Å². The maximum absolute atomic E-state index is 13.2. The molecule has 6 N–H and O–H groups in total. The van der Waals surface area contributed by atoms with Crippen LogP contribution in [-0.4, -0.2) is 62.5 Å². The summed E-state index contributed by atoms with van der Waals surface area (Å²) >= 11 is 0. The summed E-state index contributed by atoms with van der Waals surface area (Å²) in [7, 11) is -3.29. The molecule has 1 aromatic carbocycles. The summed E-state index contributed by atoms with van der Waals surface area (Å²) in [5.74, 6) is -2.16. The molecule has 0 bridgehead atoms. The molecule has 0 aromatic heterocycles. The molecule has 0 radical (unpaired) electrons. The van der Waals surface area contributed by atoms with Gasteiger partial charge in [-0.2, -0.15) is 0 Å². The minimum Gasteiger partial charge on any atom is -0.461 e. The predicted molar refractivity (Wildman–Crippen MR) is 159 cm³/mol. The number of urea groups is 1. The van der Waals surface area contributed by atoms with Gasteiger partial charge < -0.3 is 31.7 Å². The third-order valence-electron chi connectivity index (χ3n) is 6.12. The van der Waals surface area contributed by atoms with Gasteiger partial charge in [0.1, 0.15) is 18.7 Å². The first-order valence-electron chi connectivity index (χ1n) is 13.8. The van der Waals surface area contributed by atoms with E-state index < -0.39 is 45.7 Å². The Balaban J connectivity index is 2.82. The van der Waals surface area contributed by atoms with E-state index in [1.54, 1.807) is 38.1 Å². The number of benzene rings is 1. The lowest BCUT2D eigenvalue weighted by atomic mass is 10.0. The number of hydrogen-bond acceptors (Lipinski definition) is 8. The van der Waals surface area contributed by atoms with Gasteiger partial charge >= 0.3 is 12.0 Å². The number of primary amides is 1. The van der Waals surface area contributed by atoms with E-state index in [9.17, 15) is 32.4 Å². The van der Waals surface area contributed by atoms with Crippen molar-refractivity contribution in [2.75, 3.05) is 17.6 Å². The number of esters is 1. The Morgan fingerprint density at radius 1 is 0.976 bits per heavy atom. The second-order valence-corrected chi connectivity index (χ2v) is 12.2. The zero-order valence-electron chi connectivity index (χ0n) is 24.4. The van der Waals surface area contributed by atoms with Crippen LogP contribution in [0.15, 0.2) is 36.3 Å². The summed E-state index contributed by atoms with van der Waals surface area (Å²) in [4.78, 5) is 60.9. The van der Waals surface area contributed by atoms with E-state index in [2.05, 4.69) is 27.8 Å². The van der Waals surface area contributed by atoms with Crippen molar-refractivity contribution in [1.29, 1.82) is 0 Å². The van der Waals surface area contributed by atoms with Crippen LogP contribution in [0.5, 0.6) is 0 Å². The fraction of sp³-hybridized carbons (Fsp3) is 0.536. The van der Waals surface area contributed by atoms with Crippen molar-refractivity contribution in [1.82, 2.24) is 16.0 Å². The molecule has 13 nitrogen and oxygen atoms in total. The number of nitrogens with two attached hydrogens (primary N) is 1. The van der Waals surface area contributed by atoms with Gasteiger partial charge in [0.15, 0.2) is 9.84 Å². The molecular formula is C28H43N5O8S. The molecule has 42 heavy (non-hydrogen) atoms. The van der Waals surface area contributed by atoms with Crippen LogP contribution < -0.4 is 27.0 Å². The zero-order valence-corrected chi connectivity index (χ0v) is 25.3. The number of amides is 5. The fourth-order valence-corrected chi connectivity index (χ4v) is 4.55. The monoisotopic (exact) mass is 609 g/mol. The maximum Gasteiger partial charge on any atom is 0.312 e. The Kier molecular flexibility index (Phi) is 15.9. The molecule has 1 rings (SSSR count). The van der Waals surface area contributed by atoms with Crippen LogP contribution in [0.2, 0.25) is 0 Å². The first kappa shape index (κ1) is 36.1. The lowest BCUT2D eigenvalue weighted by molar-refractivity contribution is -0.142. The Morgan fingerprint density at radius 3 is 2.21 bits per heavy atom. The Labute approximate surface area is 247 Å². The number of sulfone groups is 1. The molecule has 1 aromatic rings. The Morgan fingerprint density at radius 2 is 1.64 bits per heavy atom. The average Bonchev–Trinajstić information content (AvgIpc) is 2.92. The molecule has 0 spiro atoms. The minimum absolute atomic E-state index is 0.0357. The van der Waals surface area contributed by atoms with E-state index in [0.29, 0.717) is 31.4 Å². The molecule has 5 amide bonds. The number of rotatable bonds is 19. The molecule has 0 aliphatic heterocycles. The third-order valence-corrected chi connectivity index (χ3v) is 7.48. The highest BCUT2D eigenvalue weighted by Crippen LogP contribution is 2.13. The van der Waals surface area contributed by atoms with E-state index in [0.717, 1.165) is 11.0 Å². The molecule has 0 saturated carbocycles. The molecule has 0 heterocycles. The quantitative estimate of drug-likeness (QED) is 0.115. The van der Waals surface area contributed by atoms with Crippen molar-refractivity contribution >= 4 is 45.2 Å². The van der Waals surface area contributed by atoms with Crippen LogP contribution >= 0.6 is 0 Å². The van der Waals surface area contributed by atoms with Gasteiger partial charge in [0.05, 0.1) is 5.75 Å². The number of anilines is 1. The summed E-state index contributed by atoms with van der Waals surface area (Å²) in [6.07, 6.45) is 1.98. The topological polar surface area (TPSA) is 203 Å². The molecule has 2 atom stereocenters. The van der Waals surface area contributed by atoms with Crippen molar-refractivity contribution < 1.29 is 37.1 Å². The van der Waals surface area contributed by atoms with Crippen LogP contribution in [0, 0.1) is 5.92 Å². The normalized spacial score (nSPS) is 12.5. The number of ether oxygens (including phenoxy) is 1. The molecule has 0 aliphatic rings. The number of nitrogens with one attached hydrogen (secondary N) is 4. The van der Waals surface area contributed by atoms with Gasteiger partial charge in [-0.15, -0.1) is 0 Å². The van der Waals surface area contributed by atoms with Gasteiger partial charge in [0.2, 0.25) is 17.7 Å². The van der Waals surface area contributed by atoms with Crippen molar-refractivity contribution in [3.63, 3.8) is 0 Å². The molecule has 0 aliphatic carbocycles. The summed E-state index contributed by atoms with van der Waals surface area (Å²) in [5.41, 5.74) is 6.28. The molecule has 0 fully saturated rings. The van der Waals surface area contributed by atoms with Crippen LogP contribution in [0.25, 0.3) is 0 Å². The largest absolute Gasteiger partial charge is 0.461 e. The molecule has 14 heteroatoms. The lowest BCUT2D eigenvalue weighted by Gasteiger charge is -2.25. The van der Waals surface area contributed by atoms with E-state index in [1.165, 1.54) is 6.92 Å². The molecule has 234 valence electrons. The van der Waals surface area contributed by atoms with E-state index in [4.69, 9.17) is 10.5 Å².